The Morgan fingerprint density at radius 2 is 1.80 bits per heavy atom. The highest BCUT2D eigenvalue weighted by Crippen LogP contribution is 2.19. The first-order valence-corrected chi connectivity index (χ1v) is 9.00. The first-order valence-electron chi connectivity index (χ1n) is 9.00. The summed E-state index contributed by atoms with van der Waals surface area (Å²) in [5.41, 5.74) is 1.99. The van der Waals surface area contributed by atoms with Gasteiger partial charge in [-0.1, -0.05) is 6.92 Å². The van der Waals surface area contributed by atoms with E-state index >= 15 is 0 Å². The summed E-state index contributed by atoms with van der Waals surface area (Å²) < 4.78 is 0. The van der Waals surface area contributed by atoms with Crippen LogP contribution in [0.5, 0.6) is 0 Å². The lowest BCUT2D eigenvalue weighted by molar-refractivity contribution is -0.125. The van der Waals surface area contributed by atoms with Crippen molar-refractivity contribution in [3.8, 4) is 0 Å². The molecule has 1 aromatic rings. The van der Waals surface area contributed by atoms with E-state index in [1.807, 2.05) is 17.0 Å². The molecule has 2 N–H and O–H groups in total. The van der Waals surface area contributed by atoms with Crippen LogP contribution in [0.25, 0.3) is 0 Å². The van der Waals surface area contributed by atoms with Crippen LogP contribution in [0.4, 0.5) is 11.4 Å². The van der Waals surface area contributed by atoms with Crippen molar-refractivity contribution in [3.05, 3.63) is 24.3 Å². The van der Waals surface area contributed by atoms with Gasteiger partial charge in [-0.15, -0.1) is 0 Å². The Morgan fingerprint density at radius 1 is 1.08 bits per heavy atom. The first kappa shape index (κ1) is 17.7. The molecule has 0 spiro atoms. The Kier molecular flexibility index (Phi) is 5.88. The van der Waals surface area contributed by atoms with E-state index in [1.54, 1.807) is 0 Å². The van der Waals surface area contributed by atoms with Gasteiger partial charge in [-0.3, -0.25) is 14.5 Å². The monoisotopic (exact) mass is 345 g/mol. The summed E-state index contributed by atoms with van der Waals surface area (Å²) in [6.45, 7) is 9.42. The number of nitrogens with one attached hydrogen (secondary N) is 2. The molecule has 0 unspecified atom stereocenters. The Morgan fingerprint density at radius 3 is 2.44 bits per heavy atom. The van der Waals surface area contributed by atoms with Crippen LogP contribution in [-0.4, -0.2) is 80.5 Å². The maximum absolute atomic E-state index is 12.1. The predicted octanol–water partition coefficient (Wildman–Crippen LogP) is 0.199. The zero-order valence-electron chi connectivity index (χ0n) is 14.8. The molecule has 0 saturated carbocycles. The van der Waals surface area contributed by atoms with E-state index in [9.17, 15) is 9.59 Å². The smallest absolute Gasteiger partial charge is 0.238 e. The first-order chi connectivity index (χ1) is 12.1. The van der Waals surface area contributed by atoms with Gasteiger partial charge in [0.2, 0.25) is 11.8 Å². The number of likely N-dealkylation sites (N-methyl/N-ethyl adjacent to an activating group) is 1. The predicted molar refractivity (Wildman–Crippen MR) is 98.8 cm³/mol. The molecule has 0 aliphatic carbocycles. The van der Waals surface area contributed by atoms with Gasteiger partial charge in [0.15, 0.2) is 0 Å². The van der Waals surface area contributed by atoms with Crippen molar-refractivity contribution in [1.29, 1.82) is 0 Å². The summed E-state index contributed by atoms with van der Waals surface area (Å²) in [5.74, 6) is -0.106. The zero-order valence-corrected chi connectivity index (χ0v) is 14.8. The summed E-state index contributed by atoms with van der Waals surface area (Å²) in [7, 11) is 0. The van der Waals surface area contributed by atoms with Crippen LogP contribution in [0, 0.1) is 0 Å². The fraction of sp³-hybridized carbons (Fsp3) is 0.556. The number of hydrogen-bond acceptors (Lipinski definition) is 5. The second-order valence-electron chi connectivity index (χ2n) is 6.58. The molecule has 2 aliphatic heterocycles. The molecule has 0 aromatic heterocycles. The van der Waals surface area contributed by atoms with E-state index < -0.39 is 0 Å². The third-order valence-electron chi connectivity index (χ3n) is 4.82. The quantitative estimate of drug-likeness (QED) is 0.798. The van der Waals surface area contributed by atoms with Gasteiger partial charge >= 0.3 is 0 Å². The number of benzene rings is 1. The molecule has 1 aromatic carbocycles. The van der Waals surface area contributed by atoms with Gasteiger partial charge in [0.25, 0.3) is 0 Å². The SMILES string of the molecule is CCN1CCN(c2ccc(NC(=O)CN3CCNC(=O)C3)cc2)CC1. The Hall–Kier alpha value is -2.12. The van der Waals surface area contributed by atoms with Gasteiger partial charge in [-0.25, -0.2) is 0 Å². The average Bonchev–Trinajstić information content (AvgIpc) is 2.62. The van der Waals surface area contributed by atoms with Crippen LogP contribution in [-0.2, 0) is 9.59 Å². The number of hydrogen-bond donors (Lipinski definition) is 2. The van der Waals surface area contributed by atoms with E-state index in [0.717, 1.165) is 38.4 Å². The topological polar surface area (TPSA) is 67.9 Å². The number of nitrogens with zero attached hydrogens (tertiary/aromatic N) is 3. The van der Waals surface area contributed by atoms with E-state index in [0.29, 0.717) is 13.1 Å². The maximum Gasteiger partial charge on any atom is 0.238 e. The van der Waals surface area contributed by atoms with Crippen LogP contribution in [0.15, 0.2) is 24.3 Å². The molecule has 0 atom stereocenters. The highest BCUT2D eigenvalue weighted by Gasteiger charge is 2.19. The Bertz CT molecular complexity index is 596. The van der Waals surface area contributed by atoms with Crippen LogP contribution < -0.4 is 15.5 Å². The molecule has 2 aliphatic rings. The van der Waals surface area contributed by atoms with Crippen LogP contribution in [0.2, 0.25) is 0 Å². The number of carbonyl (C=O) groups is 2. The van der Waals surface area contributed by atoms with Crippen LogP contribution in [0.1, 0.15) is 6.92 Å². The average molecular weight is 345 g/mol. The molecule has 2 fully saturated rings. The zero-order chi connectivity index (χ0) is 17.6. The minimum atomic E-state index is -0.0842. The van der Waals surface area contributed by atoms with Gasteiger partial charge in [0.05, 0.1) is 13.1 Å². The number of amides is 2. The Labute approximate surface area is 149 Å². The summed E-state index contributed by atoms with van der Waals surface area (Å²) in [5, 5.41) is 5.67. The lowest BCUT2D eigenvalue weighted by atomic mass is 10.2. The van der Waals surface area contributed by atoms with Gasteiger partial charge in [0.1, 0.15) is 0 Å². The molecule has 25 heavy (non-hydrogen) atoms. The Balaban J connectivity index is 1.49. The standard InChI is InChI=1S/C18H27N5O2/c1-2-21-9-11-23(12-10-21)16-5-3-15(4-6-16)20-18(25)14-22-8-7-19-17(24)13-22/h3-6H,2,7-14H2,1H3,(H,19,24)(H,20,25). The van der Waals surface area contributed by atoms with Gasteiger partial charge < -0.3 is 20.4 Å². The molecule has 7 nitrogen and oxygen atoms in total. The van der Waals surface area contributed by atoms with Crippen LogP contribution in [0.3, 0.4) is 0 Å². The molecule has 136 valence electrons. The summed E-state index contributed by atoms with van der Waals surface area (Å²) in [4.78, 5) is 30.2. The fourth-order valence-corrected chi connectivity index (χ4v) is 3.31. The lowest BCUT2D eigenvalue weighted by Crippen LogP contribution is -2.49. The fourth-order valence-electron chi connectivity index (χ4n) is 3.31. The van der Waals surface area contributed by atoms with Crippen molar-refractivity contribution in [3.63, 3.8) is 0 Å². The van der Waals surface area contributed by atoms with E-state index in [-0.39, 0.29) is 24.9 Å². The largest absolute Gasteiger partial charge is 0.369 e. The number of piperazine rings is 2. The minimum Gasteiger partial charge on any atom is -0.369 e. The minimum absolute atomic E-state index is 0.0217. The maximum atomic E-state index is 12.1. The molecule has 0 bridgehead atoms. The molecule has 0 radical (unpaired) electrons. The van der Waals surface area contributed by atoms with Crippen molar-refractivity contribution >= 4 is 23.2 Å². The molecule has 3 rings (SSSR count). The third kappa shape index (κ3) is 4.93. The molecule has 2 saturated heterocycles. The van der Waals surface area contributed by atoms with E-state index in [2.05, 4.69) is 39.5 Å². The van der Waals surface area contributed by atoms with Crippen molar-refractivity contribution in [2.24, 2.45) is 0 Å². The van der Waals surface area contributed by atoms with Gasteiger partial charge in [-0.05, 0) is 30.8 Å². The van der Waals surface area contributed by atoms with Crippen molar-refractivity contribution in [2.75, 3.05) is 69.1 Å². The molecular formula is C18H27N5O2. The van der Waals surface area contributed by atoms with Gasteiger partial charge in [0, 0.05) is 50.6 Å². The summed E-state index contributed by atoms with van der Waals surface area (Å²) in [6, 6.07) is 8.02. The van der Waals surface area contributed by atoms with E-state index in [1.165, 1.54) is 5.69 Å². The summed E-state index contributed by atoms with van der Waals surface area (Å²) >= 11 is 0. The number of anilines is 2. The van der Waals surface area contributed by atoms with Crippen molar-refractivity contribution in [2.45, 2.75) is 6.92 Å². The second-order valence-corrected chi connectivity index (χ2v) is 6.58. The van der Waals surface area contributed by atoms with E-state index in [4.69, 9.17) is 0 Å². The van der Waals surface area contributed by atoms with Crippen LogP contribution >= 0.6 is 0 Å². The molecule has 7 heteroatoms. The van der Waals surface area contributed by atoms with Crippen molar-refractivity contribution in [1.82, 2.24) is 15.1 Å². The molecule has 2 amide bonds. The summed E-state index contributed by atoms with van der Waals surface area (Å²) in [6.07, 6.45) is 0. The third-order valence-corrected chi connectivity index (χ3v) is 4.82. The highest BCUT2D eigenvalue weighted by atomic mass is 16.2. The second kappa shape index (κ2) is 8.31. The lowest BCUT2D eigenvalue weighted by Gasteiger charge is -2.35. The van der Waals surface area contributed by atoms with Gasteiger partial charge in [-0.2, -0.15) is 0 Å². The highest BCUT2D eigenvalue weighted by molar-refractivity contribution is 5.93. The normalized spacial score (nSPS) is 19.6. The van der Waals surface area contributed by atoms with Crippen molar-refractivity contribution < 1.29 is 9.59 Å². The molecule has 2 heterocycles. The number of carbonyl (C=O) groups excluding carboxylic acids is 2. The number of rotatable bonds is 5. The molecular weight excluding hydrogens is 318 g/mol.